The van der Waals surface area contributed by atoms with E-state index in [1.807, 2.05) is 0 Å². The van der Waals surface area contributed by atoms with Gasteiger partial charge in [-0.1, -0.05) is 24.8 Å². The number of para-hydroxylation sites is 1. The van der Waals surface area contributed by atoms with Gasteiger partial charge in [-0.2, -0.15) is 0 Å². The standard InChI is InChI=1S/C20H19N3O5/c1-12(21-15-11-14(27-2)9-10-16(15)28-3)17-18(24)22-20(26)23(19(17)25)13-7-5-4-6-8-13/h4-11,17,21H,1H2,2-3H3,(H,22,24,26)/t17-/m0/s1. The molecule has 8 heteroatoms. The fraction of sp³-hybridized carbons (Fsp3) is 0.150. The number of nitrogens with zero attached hydrogens (tertiary/aromatic N) is 1. The molecule has 0 saturated carbocycles. The molecular formula is C20H19N3O5. The summed E-state index contributed by atoms with van der Waals surface area (Å²) in [5, 5.41) is 5.13. The zero-order valence-corrected chi connectivity index (χ0v) is 15.4. The number of barbiturate groups is 1. The lowest BCUT2D eigenvalue weighted by molar-refractivity contribution is -0.132. The molecule has 1 aliphatic heterocycles. The number of rotatable bonds is 6. The van der Waals surface area contributed by atoms with E-state index < -0.39 is 23.8 Å². The normalized spacial score (nSPS) is 16.4. The molecule has 0 bridgehead atoms. The average molecular weight is 381 g/mol. The Morgan fingerprint density at radius 3 is 2.43 bits per heavy atom. The Bertz CT molecular complexity index is 942. The number of hydrogen-bond donors (Lipinski definition) is 2. The molecule has 1 fully saturated rings. The van der Waals surface area contributed by atoms with Crippen LogP contribution in [0.4, 0.5) is 16.2 Å². The fourth-order valence-electron chi connectivity index (χ4n) is 2.86. The number of benzene rings is 2. The van der Waals surface area contributed by atoms with Gasteiger partial charge in [0.25, 0.3) is 5.91 Å². The maximum Gasteiger partial charge on any atom is 0.335 e. The summed E-state index contributed by atoms with van der Waals surface area (Å²) in [7, 11) is 3.01. The molecule has 2 aromatic rings. The number of urea groups is 1. The monoisotopic (exact) mass is 381 g/mol. The summed E-state index contributed by atoms with van der Waals surface area (Å²) in [6, 6.07) is 12.6. The van der Waals surface area contributed by atoms with Gasteiger partial charge in [0.05, 0.1) is 25.6 Å². The van der Waals surface area contributed by atoms with Gasteiger partial charge in [0, 0.05) is 11.8 Å². The van der Waals surface area contributed by atoms with Crippen molar-refractivity contribution in [1.82, 2.24) is 5.32 Å². The van der Waals surface area contributed by atoms with Crippen molar-refractivity contribution in [2.45, 2.75) is 0 Å². The van der Waals surface area contributed by atoms with Crippen molar-refractivity contribution in [1.29, 1.82) is 0 Å². The van der Waals surface area contributed by atoms with Gasteiger partial charge in [-0.15, -0.1) is 0 Å². The minimum atomic E-state index is -1.30. The van der Waals surface area contributed by atoms with Gasteiger partial charge in [0.15, 0.2) is 5.92 Å². The van der Waals surface area contributed by atoms with Crippen LogP contribution in [0.1, 0.15) is 0 Å². The smallest absolute Gasteiger partial charge is 0.335 e. The molecule has 0 unspecified atom stereocenters. The van der Waals surface area contributed by atoms with Crippen molar-refractivity contribution < 1.29 is 23.9 Å². The Labute approximate surface area is 161 Å². The van der Waals surface area contributed by atoms with E-state index in [2.05, 4.69) is 17.2 Å². The Morgan fingerprint density at radius 2 is 1.79 bits per heavy atom. The first-order valence-electron chi connectivity index (χ1n) is 8.38. The minimum absolute atomic E-state index is 0.0995. The number of carbonyl (C=O) groups excluding carboxylic acids is 3. The SMILES string of the molecule is C=C(Nc1cc(OC)ccc1OC)[C@H]1C(=O)NC(=O)N(c2ccccc2)C1=O. The lowest BCUT2D eigenvalue weighted by atomic mass is 10.0. The van der Waals surface area contributed by atoms with E-state index >= 15 is 0 Å². The molecule has 1 aliphatic rings. The predicted octanol–water partition coefficient (Wildman–Crippen LogP) is 2.53. The van der Waals surface area contributed by atoms with Crippen molar-refractivity contribution in [2.75, 3.05) is 24.4 Å². The molecule has 8 nitrogen and oxygen atoms in total. The van der Waals surface area contributed by atoms with Gasteiger partial charge in [-0.25, -0.2) is 9.69 Å². The van der Waals surface area contributed by atoms with Crippen LogP contribution in [0.15, 0.2) is 60.8 Å². The van der Waals surface area contributed by atoms with Crippen LogP contribution >= 0.6 is 0 Å². The van der Waals surface area contributed by atoms with E-state index in [4.69, 9.17) is 9.47 Å². The Hall–Kier alpha value is -3.81. The van der Waals surface area contributed by atoms with Gasteiger partial charge in [0.2, 0.25) is 5.91 Å². The molecule has 3 rings (SSSR count). The van der Waals surface area contributed by atoms with E-state index in [9.17, 15) is 14.4 Å². The van der Waals surface area contributed by atoms with Crippen LogP contribution in [0, 0.1) is 5.92 Å². The largest absolute Gasteiger partial charge is 0.497 e. The summed E-state index contributed by atoms with van der Waals surface area (Å²) in [4.78, 5) is 38.4. The number of hydrogen-bond acceptors (Lipinski definition) is 6. The lowest BCUT2D eigenvalue weighted by Gasteiger charge is -2.31. The van der Waals surface area contributed by atoms with Gasteiger partial charge in [-0.3, -0.25) is 14.9 Å². The molecule has 4 amide bonds. The molecule has 1 heterocycles. The number of anilines is 2. The van der Waals surface area contributed by atoms with E-state index in [0.717, 1.165) is 4.90 Å². The van der Waals surface area contributed by atoms with Crippen LogP contribution in [0.25, 0.3) is 0 Å². The van der Waals surface area contributed by atoms with Crippen LogP contribution in [-0.4, -0.2) is 32.1 Å². The summed E-state index contributed by atoms with van der Waals surface area (Å²) >= 11 is 0. The van der Waals surface area contributed by atoms with Crippen molar-refractivity contribution >= 4 is 29.2 Å². The number of carbonyl (C=O) groups is 3. The van der Waals surface area contributed by atoms with Crippen LogP contribution in [0.2, 0.25) is 0 Å². The van der Waals surface area contributed by atoms with Crippen molar-refractivity contribution in [3.63, 3.8) is 0 Å². The molecular weight excluding hydrogens is 362 g/mol. The molecule has 0 aliphatic carbocycles. The first kappa shape index (κ1) is 19.0. The van der Waals surface area contributed by atoms with Crippen molar-refractivity contribution in [3.8, 4) is 11.5 Å². The number of imide groups is 2. The first-order valence-corrected chi connectivity index (χ1v) is 8.38. The third-order valence-corrected chi connectivity index (χ3v) is 4.23. The molecule has 144 valence electrons. The second-order valence-corrected chi connectivity index (χ2v) is 5.95. The van der Waals surface area contributed by atoms with Gasteiger partial charge >= 0.3 is 6.03 Å². The summed E-state index contributed by atoms with van der Waals surface area (Å²) in [6.45, 7) is 3.83. The minimum Gasteiger partial charge on any atom is -0.497 e. The van der Waals surface area contributed by atoms with Crippen LogP contribution in [0.5, 0.6) is 11.5 Å². The van der Waals surface area contributed by atoms with Crippen molar-refractivity contribution in [3.05, 3.63) is 60.8 Å². The topological polar surface area (TPSA) is 97.0 Å². The number of ether oxygens (including phenoxy) is 2. The molecule has 0 aromatic heterocycles. The number of methoxy groups -OCH3 is 2. The third-order valence-electron chi connectivity index (χ3n) is 4.23. The lowest BCUT2D eigenvalue weighted by Crippen LogP contribution is -2.59. The number of amides is 4. The highest BCUT2D eigenvalue weighted by Crippen LogP contribution is 2.32. The summed E-state index contributed by atoms with van der Waals surface area (Å²) in [6.07, 6.45) is 0. The summed E-state index contributed by atoms with van der Waals surface area (Å²) in [5.74, 6) is -1.71. The molecule has 0 radical (unpaired) electrons. The van der Waals surface area contributed by atoms with Gasteiger partial charge in [-0.05, 0) is 24.3 Å². The second kappa shape index (κ2) is 7.83. The van der Waals surface area contributed by atoms with Crippen LogP contribution in [0.3, 0.4) is 0 Å². The third kappa shape index (κ3) is 3.52. The molecule has 0 spiro atoms. The predicted molar refractivity (Wildman–Crippen MR) is 103 cm³/mol. The maximum atomic E-state index is 12.9. The van der Waals surface area contributed by atoms with E-state index in [0.29, 0.717) is 22.9 Å². The highest BCUT2D eigenvalue weighted by atomic mass is 16.5. The van der Waals surface area contributed by atoms with E-state index in [1.54, 1.807) is 48.5 Å². The van der Waals surface area contributed by atoms with E-state index in [1.165, 1.54) is 14.2 Å². The Morgan fingerprint density at radius 1 is 1.07 bits per heavy atom. The molecule has 2 aromatic carbocycles. The van der Waals surface area contributed by atoms with Gasteiger partial charge in [0.1, 0.15) is 11.5 Å². The first-order chi connectivity index (χ1) is 13.5. The maximum absolute atomic E-state index is 12.9. The molecule has 2 N–H and O–H groups in total. The zero-order valence-electron chi connectivity index (χ0n) is 15.4. The quantitative estimate of drug-likeness (QED) is 0.747. The molecule has 1 atom stereocenters. The van der Waals surface area contributed by atoms with Gasteiger partial charge < -0.3 is 14.8 Å². The van der Waals surface area contributed by atoms with Crippen LogP contribution < -0.4 is 25.0 Å². The Kier molecular flexibility index (Phi) is 5.30. The highest BCUT2D eigenvalue weighted by molar-refractivity contribution is 6.28. The van der Waals surface area contributed by atoms with Crippen molar-refractivity contribution in [2.24, 2.45) is 5.92 Å². The zero-order chi connectivity index (χ0) is 20.3. The van der Waals surface area contributed by atoms with E-state index in [-0.39, 0.29) is 5.70 Å². The Balaban J connectivity index is 1.89. The average Bonchev–Trinajstić information content (AvgIpc) is 2.68. The highest BCUT2D eigenvalue weighted by Gasteiger charge is 2.43. The summed E-state index contributed by atoms with van der Waals surface area (Å²) < 4.78 is 10.5. The second-order valence-electron chi connectivity index (χ2n) is 5.95. The van der Waals surface area contributed by atoms with Crippen LogP contribution in [-0.2, 0) is 9.59 Å². The molecule has 1 saturated heterocycles. The summed E-state index contributed by atoms with van der Waals surface area (Å²) in [5.41, 5.74) is 0.923. The fourth-order valence-corrected chi connectivity index (χ4v) is 2.86. The number of nitrogens with one attached hydrogen (secondary N) is 2. The molecule has 28 heavy (non-hydrogen) atoms.